The van der Waals surface area contributed by atoms with Crippen LogP contribution in [0.5, 0.6) is 0 Å². The zero-order valence-electron chi connectivity index (χ0n) is 17.7. The second-order valence-electron chi connectivity index (χ2n) is 8.09. The number of alkyl halides is 3. The minimum atomic E-state index is -4.79. The van der Waals surface area contributed by atoms with Crippen molar-refractivity contribution >= 4 is 35.2 Å². The number of carbonyl (C=O) groups excluding carboxylic acids is 3. The molecule has 5 rings (SSSR count). The van der Waals surface area contributed by atoms with Crippen LogP contribution in [-0.4, -0.2) is 74.0 Å². The maximum absolute atomic E-state index is 13.8. The number of likely N-dealkylation sites (tertiary alicyclic amines) is 1. The monoisotopic (exact) mass is 512 g/mol. The average Bonchev–Trinajstić information content (AvgIpc) is 3.53. The van der Waals surface area contributed by atoms with Crippen LogP contribution in [0.2, 0.25) is 5.15 Å². The van der Waals surface area contributed by atoms with Crippen LogP contribution in [0.25, 0.3) is 16.8 Å². The predicted molar refractivity (Wildman–Crippen MR) is 111 cm³/mol. The SMILES string of the molecule is O=C(c1nc2c(C(F)(F)F)cc(-c3ccoc3)cn2c1Cl)N1CCC(N2C(=O)COC2=O)[C@@H](O)C1. The van der Waals surface area contributed by atoms with Gasteiger partial charge in [0.15, 0.2) is 17.9 Å². The summed E-state index contributed by atoms with van der Waals surface area (Å²) in [6.45, 7) is -0.727. The molecule has 1 N–H and O–H groups in total. The van der Waals surface area contributed by atoms with Crippen LogP contribution >= 0.6 is 11.6 Å². The number of halogens is 4. The third-order valence-corrected chi connectivity index (χ3v) is 6.34. The maximum Gasteiger partial charge on any atom is 0.420 e. The van der Waals surface area contributed by atoms with Crippen molar-refractivity contribution in [2.24, 2.45) is 0 Å². The summed E-state index contributed by atoms with van der Waals surface area (Å²) in [5, 5.41) is 10.2. The number of hydrogen-bond acceptors (Lipinski definition) is 7. The molecule has 5 heterocycles. The van der Waals surface area contributed by atoms with Gasteiger partial charge in [0.25, 0.3) is 11.8 Å². The molecule has 3 aromatic heterocycles. The molecule has 2 aliphatic heterocycles. The Hall–Kier alpha value is -3.58. The van der Waals surface area contributed by atoms with Gasteiger partial charge in [0.2, 0.25) is 0 Å². The fourth-order valence-corrected chi connectivity index (χ4v) is 4.54. The van der Waals surface area contributed by atoms with Gasteiger partial charge in [-0.25, -0.2) is 14.7 Å². The van der Waals surface area contributed by atoms with Crippen LogP contribution in [0.15, 0.2) is 35.3 Å². The Morgan fingerprint density at radius 2 is 2.03 bits per heavy atom. The number of pyridine rings is 1. The molecule has 1 unspecified atom stereocenters. The summed E-state index contributed by atoms with van der Waals surface area (Å²) < 4.78 is 52.1. The molecule has 3 aromatic rings. The molecule has 0 radical (unpaired) electrons. The Balaban J connectivity index is 1.47. The number of amides is 3. The van der Waals surface area contributed by atoms with Crippen LogP contribution in [-0.2, 0) is 15.7 Å². The fourth-order valence-electron chi connectivity index (χ4n) is 4.29. The molecule has 14 heteroatoms. The largest absolute Gasteiger partial charge is 0.472 e. The molecular weight excluding hydrogens is 497 g/mol. The Kier molecular flexibility index (Phi) is 5.48. The number of imidazole rings is 1. The Morgan fingerprint density at radius 3 is 2.63 bits per heavy atom. The van der Waals surface area contributed by atoms with Gasteiger partial charge >= 0.3 is 12.3 Å². The molecule has 35 heavy (non-hydrogen) atoms. The van der Waals surface area contributed by atoms with Crippen LogP contribution in [0.1, 0.15) is 22.5 Å². The van der Waals surface area contributed by atoms with E-state index in [9.17, 15) is 32.7 Å². The first kappa shape index (κ1) is 23.2. The number of ether oxygens (including phenoxy) is 1. The van der Waals surface area contributed by atoms with Crippen LogP contribution in [0, 0.1) is 0 Å². The highest BCUT2D eigenvalue weighted by Crippen LogP contribution is 2.37. The van der Waals surface area contributed by atoms with Crippen molar-refractivity contribution in [3.63, 3.8) is 0 Å². The lowest BCUT2D eigenvalue weighted by atomic mass is 10.00. The van der Waals surface area contributed by atoms with Gasteiger partial charge < -0.3 is 19.2 Å². The second-order valence-corrected chi connectivity index (χ2v) is 8.45. The van der Waals surface area contributed by atoms with Gasteiger partial charge in [0, 0.05) is 30.4 Å². The number of imide groups is 1. The first-order valence-corrected chi connectivity index (χ1v) is 10.7. The molecular formula is C21H16ClF3N4O6. The molecule has 2 saturated heterocycles. The molecule has 0 aromatic carbocycles. The van der Waals surface area contributed by atoms with E-state index in [0.29, 0.717) is 5.56 Å². The normalized spacial score (nSPS) is 21.2. The first-order chi connectivity index (χ1) is 16.6. The lowest BCUT2D eigenvalue weighted by molar-refractivity contribution is -0.136. The molecule has 10 nitrogen and oxygen atoms in total. The van der Waals surface area contributed by atoms with Gasteiger partial charge in [-0.15, -0.1) is 0 Å². The van der Waals surface area contributed by atoms with Crippen molar-refractivity contribution in [3.05, 3.63) is 47.3 Å². The molecule has 3 amide bonds. The van der Waals surface area contributed by atoms with Gasteiger partial charge in [-0.1, -0.05) is 11.6 Å². The van der Waals surface area contributed by atoms with Gasteiger partial charge in [0.1, 0.15) is 5.15 Å². The van der Waals surface area contributed by atoms with E-state index in [1.54, 1.807) is 0 Å². The Bertz CT molecular complexity index is 1320. The first-order valence-electron chi connectivity index (χ1n) is 10.3. The highest BCUT2D eigenvalue weighted by molar-refractivity contribution is 6.33. The summed E-state index contributed by atoms with van der Waals surface area (Å²) in [7, 11) is 0. The van der Waals surface area contributed by atoms with Crippen molar-refractivity contribution in [2.45, 2.75) is 24.7 Å². The quantitative estimate of drug-likeness (QED) is 0.573. The number of cyclic esters (lactones) is 1. The van der Waals surface area contributed by atoms with Gasteiger partial charge in [-0.05, 0) is 18.6 Å². The minimum absolute atomic E-state index is 0.00574. The van der Waals surface area contributed by atoms with Crippen molar-refractivity contribution < 1.29 is 41.8 Å². The molecule has 0 spiro atoms. The number of rotatable bonds is 3. The number of furan rings is 1. The summed E-state index contributed by atoms with van der Waals surface area (Å²) in [4.78, 5) is 42.7. The molecule has 2 atom stereocenters. The van der Waals surface area contributed by atoms with Gasteiger partial charge in [0.05, 0.1) is 30.2 Å². The number of fused-ring (bicyclic) bond motifs is 1. The number of aliphatic hydroxyl groups is 1. The molecule has 2 fully saturated rings. The number of β-amino-alcohol motifs (C(OH)–C–C–N with tert-alkyl or cyclic N) is 1. The predicted octanol–water partition coefficient (Wildman–Crippen LogP) is 2.82. The maximum atomic E-state index is 13.8. The second kappa shape index (κ2) is 8.27. The Labute approximate surface area is 199 Å². The number of carbonyl (C=O) groups is 3. The van der Waals surface area contributed by atoms with Gasteiger partial charge in [-0.3, -0.25) is 14.0 Å². The standard InChI is InChI=1S/C21H16ClF3N4O6/c22-17-16(19(32)27-3-1-13(14(30)7-27)29-15(31)9-35-20(29)33)26-18-12(21(23,24)25)5-11(6-28(17)18)10-2-4-34-8-10/h2,4-6,8,13-14,30H,1,3,7,9H2/t13?,14-/m0/s1. The van der Waals surface area contributed by atoms with E-state index in [4.69, 9.17) is 16.0 Å². The summed E-state index contributed by atoms with van der Waals surface area (Å²) in [5.74, 6) is -1.40. The molecule has 2 aliphatic rings. The Morgan fingerprint density at radius 1 is 1.26 bits per heavy atom. The fraction of sp³-hybridized carbons (Fsp3) is 0.333. The van der Waals surface area contributed by atoms with E-state index >= 15 is 0 Å². The summed E-state index contributed by atoms with van der Waals surface area (Å²) in [5.41, 5.74) is -1.56. The summed E-state index contributed by atoms with van der Waals surface area (Å²) >= 11 is 6.32. The molecule has 0 saturated carbocycles. The zero-order chi connectivity index (χ0) is 25.1. The van der Waals surface area contributed by atoms with E-state index in [2.05, 4.69) is 9.72 Å². The third-order valence-electron chi connectivity index (χ3n) is 5.97. The smallest absolute Gasteiger partial charge is 0.420 e. The average molecular weight is 513 g/mol. The van der Waals surface area contributed by atoms with Crippen LogP contribution in [0.3, 0.4) is 0 Å². The van der Waals surface area contributed by atoms with Crippen LogP contribution in [0.4, 0.5) is 18.0 Å². The van der Waals surface area contributed by atoms with Crippen molar-refractivity contribution in [3.8, 4) is 11.1 Å². The van der Waals surface area contributed by atoms with E-state index in [1.165, 1.54) is 24.8 Å². The van der Waals surface area contributed by atoms with Crippen molar-refractivity contribution in [2.75, 3.05) is 19.7 Å². The van der Waals surface area contributed by atoms with E-state index in [1.807, 2.05) is 0 Å². The van der Waals surface area contributed by atoms with E-state index in [-0.39, 0.29) is 30.2 Å². The summed E-state index contributed by atoms with van der Waals surface area (Å²) in [6.07, 6.45) is -3.04. The highest BCUT2D eigenvalue weighted by atomic mass is 35.5. The number of hydrogen-bond donors (Lipinski definition) is 1. The highest BCUT2D eigenvalue weighted by Gasteiger charge is 2.44. The van der Waals surface area contributed by atoms with Crippen molar-refractivity contribution in [1.29, 1.82) is 0 Å². The van der Waals surface area contributed by atoms with E-state index in [0.717, 1.165) is 20.3 Å². The van der Waals surface area contributed by atoms with Crippen LogP contribution < -0.4 is 0 Å². The molecule has 0 aliphatic carbocycles. The minimum Gasteiger partial charge on any atom is -0.472 e. The summed E-state index contributed by atoms with van der Waals surface area (Å²) in [6, 6.07) is 1.47. The number of piperidine rings is 1. The van der Waals surface area contributed by atoms with Crippen molar-refractivity contribution in [1.82, 2.24) is 19.2 Å². The number of nitrogens with zero attached hydrogens (tertiary/aromatic N) is 4. The topological polar surface area (TPSA) is 118 Å². The lowest BCUT2D eigenvalue weighted by Gasteiger charge is -2.38. The van der Waals surface area contributed by atoms with Gasteiger partial charge in [-0.2, -0.15) is 13.2 Å². The molecule has 184 valence electrons. The number of aliphatic hydroxyl groups excluding tert-OH is 1. The molecule has 0 bridgehead atoms. The number of aromatic nitrogens is 2. The lowest BCUT2D eigenvalue weighted by Crippen LogP contribution is -2.56. The third kappa shape index (κ3) is 3.90. The zero-order valence-corrected chi connectivity index (χ0v) is 18.4. The van der Waals surface area contributed by atoms with E-state index < -0.39 is 59.7 Å².